The maximum absolute atomic E-state index is 13.3. The first-order valence-electron chi connectivity index (χ1n) is 8.60. The SMILES string of the molecule is CCOP(=O)(OCC)C(/N=C/C(CC)CC)c1ccc(OC)cc1. The first-order chi connectivity index (χ1) is 11.5. The first-order valence-corrected chi connectivity index (χ1v) is 10.2. The van der Waals surface area contributed by atoms with E-state index in [-0.39, 0.29) is 0 Å². The fraction of sp³-hybridized carbons (Fsp3) is 0.611. The summed E-state index contributed by atoms with van der Waals surface area (Å²) in [6.45, 7) is 8.47. The quantitative estimate of drug-likeness (QED) is 0.390. The predicted molar refractivity (Wildman–Crippen MR) is 99.2 cm³/mol. The number of methoxy groups -OCH3 is 1. The summed E-state index contributed by atoms with van der Waals surface area (Å²) in [7, 11) is -1.78. The van der Waals surface area contributed by atoms with Crippen LogP contribution in [0.2, 0.25) is 0 Å². The number of hydrogen-bond acceptors (Lipinski definition) is 5. The summed E-state index contributed by atoms with van der Waals surface area (Å²) in [5.74, 6) is 0.426. The van der Waals surface area contributed by atoms with Crippen molar-refractivity contribution in [3.63, 3.8) is 0 Å². The molecule has 0 fully saturated rings. The van der Waals surface area contributed by atoms with E-state index < -0.39 is 13.4 Å². The zero-order chi connectivity index (χ0) is 18.0. The molecule has 1 aromatic rings. The van der Waals surface area contributed by atoms with E-state index in [1.54, 1.807) is 21.0 Å². The molecule has 0 bridgehead atoms. The number of benzene rings is 1. The molecule has 0 amide bonds. The van der Waals surface area contributed by atoms with Gasteiger partial charge in [-0.1, -0.05) is 26.0 Å². The van der Waals surface area contributed by atoms with E-state index in [0.29, 0.717) is 19.1 Å². The second kappa shape index (κ2) is 10.7. The maximum Gasteiger partial charge on any atom is 0.359 e. The van der Waals surface area contributed by atoms with Crippen molar-refractivity contribution in [3.05, 3.63) is 29.8 Å². The van der Waals surface area contributed by atoms with Gasteiger partial charge in [-0.05, 0) is 50.3 Å². The second-order valence-corrected chi connectivity index (χ2v) is 7.48. The molecule has 1 atom stereocenters. The Morgan fingerprint density at radius 1 is 1.04 bits per heavy atom. The smallest absolute Gasteiger partial charge is 0.359 e. The van der Waals surface area contributed by atoms with Gasteiger partial charge in [0.2, 0.25) is 0 Å². The van der Waals surface area contributed by atoms with Crippen LogP contribution in [0.25, 0.3) is 0 Å². The van der Waals surface area contributed by atoms with Gasteiger partial charge in [0.15, 0.2) is 5.78 Å². The lowest BCUT2D eigenvalue weighted by atomic mass is 10.1. The van der Waals surface area contributed by atoms with E-state index in [9.17, 15) is 4.57 Å². The number of ether oxygens (including phenoxy) is 1. The lowest BCUT2D eigenvalue weighted by Gasteiger charge is -2.24. The molecular weight excluding hydrogens is 325 g/mol. The Morgan fingerprint density at radius 3 is 2.00 bits per heavy atom. The van der Waals surface area contributed by atoms with Crippen molar-refractivity contribution >= 4 is 13.8 Å². The molecule has 0 N–H and O–H groups in total. The van der Waals surface area contributed by atoms with Crippen molar-refractivity contribution in [1.29, 1.82) is 0 Å². The molecule has 0 saturated carbocycles. The van der Waals surface area contributed by atoms with Crippen molar-refractivity contribution in [1.82, 2.24) is 0 Å². The predicted octanol–water partition coefficient (Wildman–Crippen LogP) is 5.47. The van der Waals surface area contributed by atoms with Crippen molar-refractivity contribution < 1.29 is 18.3 Å². The Hall–Kier alpha value is -1.16. The van der Waals surface area contributed by atoms with Crippen LogP contribution < -0.4 is 4.74 Å². The van der Waals surface area contributed by atoms with Crippen LogP contribution in [-0.4, -0.2) is 26.5 Å². The fourth-order valence-corrected chi connectivity index (χ4v) is 4.22. The topological polar surface area (TPSA) is 57.1 Å². The number of hydrogen-bond donors (Lipinski definition) is 0. The molecule has 0 heterocycles. The van der Waals surface area contributed by atoms with E-state index in [4.69, 9.17) is 13.8 Å². The average molecular weight is 355 g/mol. The summed E-state index contributed by atoms with van der Waals surface area (Å²) in [4.78, 5) is 4.62. The van der Waals surface area contributed by atoms with E-state index in [2.05, 4.69) is 18.8 Å². The molecule has 0 aromatic heterocycles. The van der Waals surface area contributed by atoms with Gasteiger partial charge >= 0.3 is 7.60 Å². The molecule has 5 nitrogen and oxygen atoms in total. The van der Waals surface area contributed by atoms with Gasteiger partial charge in [-0.25, -0.2) is 0 Å². The Kier molecular flexibility index (Phi) is 9.27. The highest BCUT2D eigenvalue weighted by Crippen LogP contribution is 2.61. The highest BCUT2D eigenvalue weighted by molar-refractivity contribution is 7.54. The third kappa shape index (κ3) is 5.73. The van der Waals surface area contributed by atoms with Crippen LogP contribution in [0, 0.1) is 5.92 Å². The molecule has 1 aromatic carbocycles. The molecule has 0 saturated heterocycles. The zero-order valence-electron chi connectivity index (χ0n) is 15.4. The lowest BCUT2D eigenvalue weighted by Crippen LogP contribution is -2.07. The summed E-state index contributed by atoms with van der Waals surface area (Å²) in [6.07, 6.45) is 3.87. The standard InChI is InChI=1S/C18H30NO4P/c1-6-15(7-2)14-19-18(24(20,22-8-3)23-9-4)16-10-12-17(21-5)13-11-16/h10-15,18H,6-9H2,1-5H3/b19-14+. The molecule has 0 radical (unpaired) electrons. The molecule has 0 aliphatic rings. The van der Waals surface area contributed by atoms with Crippen molar-refractivity contribution in [2.45, 2.75) is 46.3 Å². The van der Waals surface area contributed by atoms with Crippen LogP contribution in [0.1, 0.15) is 51.9 Å². The number of nitrogens with zero attached hydrogens (tertiary/aromatic N) is 1. The Morgan fingerprint density at radius 2 is 1.58 bits per heavy atom. The van der Waals surface area contributed by atoms with Crippen LogP contribution in [-0.2, 0) is 13.6 Å². The Labute approximate surface area is 146 Å². The van der Waals surface area contributed by atoms with Crippen LogP contribution in [0.5, 0.6) is 5.75 Å². The van der Waals surface area contributed by atoms with Crippen molar-refractivity contribution in [3.8, 4) is 5.75 Å². The molecule has 6 heteroatoms. The third-order valence-corrected chi connectivity index (χ3v) is 6.09. The third-order valence-electron chi connectivity index (χ3n) is 3.82. The van der Waals surface area contributed by atoms with Crippen molar-refractivity contribution in [2.75, 3.05) is 20.3 Å². The molecule has 0 spiro atoms. The largest absolute Gasteiger partial charge is 0.497 e. The van der Waals surface area contributed by atoms with Crippen LogP contribution in [0.3, 0.4) is 0 Å². The van der Waals surface area contributed by atoms with Gasteiger partial charge in [0.25, 0.3) is 0 Å². The number of aliphatic imine (C=N–C) groups is 1. The van der Waals surface area contributed by atoms with E-state index in [1.807, 2.05) is 30.5 Å². The number of rotatable bonds is 11. The molecule has 1 unspecified atom stereocenters. The molecule has 1 rings (SSSR count). The van der Waals surface area contributed by atoms with Gasteiger partial charge in [0.1, 0.15) is 5.75 Å². The van der Waals surface area contributed by atoms with Crippen LogP contribution >= 0.6 is 7.60 Å². The van der Waals surface area contributed by atoms with Gasteiger partial charge in [-0.15, -0.1) is 0 Å². The molecule has 0 aliphatic heterocycles. The Balaban J connectivity index is 3.24. The summed E-state index contributed by atoms with van der Waals surface area (Å²) in [6, 6.07) is 7.38. The highest BCUT2D eigenvalue weighted by atomic mass is 31.2. The molecular formula is C18H30NO4P. The lowest BCUT2D eigenvalue weighted by molar-refractivity contribution is 0.212. The molecule has 0 aliphatic carbocycles. The highest BCUT2D eigenvalue weighted by Gasteiger charge is 2.36. The summed E-state index contributed by atoms with van der Waals surface area (Å²) >= 11 is 0. The minimum absolute atomic E-state index is 0.310. The minimum atomic E-state index is -3.39. The molecule has 136 valence electrons. The van der Waals surface area contributed by atoms with Crippen LogP contribution in [0.4, 0.5) is 0 Å². The van der Waals surface area contributed by atoms with Gasteiger partial charge in [0, 0.05) is 6.21 Å². The fourth-order valence-electron chi connectivity index (χ4n) is 2.37. The maximum atomic E-state index is 13.3. The van der Waals surface area contributed by atoms with Crippen LogP contribution in [0.15, 0.2) is 29.3 Å². The van der Waals surface area contributed by atoms with E-state index >= 15 is 0 Å². The second-order valence-electron chi connectivity index (χ2n) is 5.40. The monoisotopic (exact) mass is 355 g/mol. The van der Waals surface area contributed by atoms with Gasteiger partial charge < -0.3 is 13.8 Å². The minimum Gasteiger partial charge on any atom is -0.497 e. The summed E-state index contributed by atoms with van der Waals surface area (Å²) in [5, 5.41) is 0. The summed E-state index contributed by atoms with van der Waals surface area (Å²) in [5.41, 5.74) is 0.795. The van der Waals surface area contributed by atoms with E-state index in [0.717, 1.165) is 24.2 Å². The Bertz CT molecular complexity index is 530. The van der Waals surface area contributed by atoms with Gasteiger partial charge in [-0.2, -0.15) is 0 Å². The summed E-state index contributed by atoms with van der Waals surface area (Å²) < 4.78 is 29.5. The average Bonchev–Trinajstić information content (AvgIpc) is 2.59. The first kappa shape index (κ1) is 20.9. The van der Waals surface area contributed by atoms with Gasteiger partial charge in [0.05, 0.1) is 20.3 Å². The molecule has 24 heavy (non-hydrogen) atoms. The van der Waals surface area contributed by atoms with E-state index in [1.165, 1.54) is 0 Å². The normalized spacial score (nSPS) is 13.6. The van der Waals surface area contributed by atoms with Gasteiger partial charge in [-0.3, -0.25) is 9.56 Å². The zero-order valence-corrected chi connectivity index (χ0v) is 16.3. The van der Waals surface area contributed by atoms with Crippen molar-refractivity contribution in [2.24, 2.45) is 10.9 Å².